The SMILES string of the molecule is C.Cc1cccnc1.Cc1ccncc1.Cc1ccncc1OC=O.Cc1cncc(OC=O)c1.Cc1cncc(OC=O)c1C(=O)O.Cc1cnccc1C(=O)O.O.O.O.O.O.O. The maximum atomic E-state index is 10.7. The molecule has 6 aromatic rings. The van der Waals surface area contributed by atoms with Crippen molar-refractivity contribution in [1.29, 1.82) is 0 Å². The molecule has 0 radical (unpaired) electrons. The first-order chi connectivity index (χ1) is 27.3. The second-order valence-electron chi connectivity index (χ2n) is 11.2. The van der Waals surface area contributed by atoms with Crippen molar-refractivity contribution >= 4 is 31.4 Å². The van der Waals surface area contributed by atoms with Crippen molar-refractivity contribution in [2.75, 3.05) is 0 Å². The van der Waals surface area contributed by atoms with Crippen molar-refractivity contribution in [3.05, 3.63) is 161 Å². The minimum absolute atomic E-state index is 0. The molecule has 6 rings (SSSR count). The zero-order chi connectivity index (χ0) is 42.4. The largest absolute Gasteiger partial charge is 0.478 e. The van der Waals surface area contributed by atoms with E-state index in [1.807, 2.05) is 58.2 Å². The van der Waals surface area contributed by atoms with E-state index in [2.05, 4.69) is 44.1 Å². The zero-order valence-electron chi connectivity index (χ0n) is 35.0. The molecule has 0 bridgehead atoms. The smallest absolute Gasteiger partial charge is 0.339 e. The number of carbonyl (C=O) groups excluding carboxylic acids is 3. The second-order valence-corrected chi connectivity index (χ2v) is 11.2. The van der Waals surface area contributed by atoms with Gasteiger partial charge in [-0.2, -0.15) is 0 Å². The third kappa shape index (κ3) is 30.1. The van der Waals surface area contributed by atoms with E-state index in [0.717, 1.165) is 11.1 Å². The van der Waals surface area contributed by atoms with Crippen LogP contribution in [-0.2, 0) is 14.4 Å². The Labute approximate surface area is 369 Å². The Morgan fingerprint density at radius 3 is 1.38 bits per heavy atom. The third-order valence-electron chi connectivity index (χ3n) is 6.60. The number of hydrogen-bond acceptors (Lipinski definition) is 14. The number of ether oxygens (including phenoxy) is 3. The molecular formula is C42H58N6O16. The maximum absolute atomic E-state index is 10.7. The number of carbonyl (C=O) groups is 5. The van der Waals surface area contributed by atoms with Gasteiger partial charge in [0.15, 0.2) is 11.5 Å². The predicted molar refractivity (Wildman–Crippen MR) is 236 cm³/mol. The number of carboxylic acids is 2. The molecular weight excluding hydrogens is 844 g/mol. The Bertz CT molecular complexity index is 2100. The quantitative estimate of drug-likeness (QED) is 0.206. The minimum Gasteiger partial charge on any atom is -0.478 e. The Kier molecular flexibility index (Phi) is 46.0. The number of hydrogen-bond donors (Lipinski definition) is 2. The molecule has 64 heavy (non-hydrogen) atoms. The van der Waals surface area contributed by atoms with Crippen molar-refractivity contribution in [1.82, 2.24) is 29.9 Å². The predicted octanol–water partition coefficient (Wildman–Crippen LogP) is 2.03. The van der Waals surface area contributed by atoms with Gasteiger partial charge in [0.1, 0.15) is 11.3 Å². The van der Waals surface area contributed by atoms with E-state index < -0.39 is 11.9 Å². The lowest BCUT2D eigenvalue weighted by Crippen LogP contribution is -2.05. The van der Waals surface area contributed by atoms with Gasteiger partial charge in [-0.1, -0.05) is 13.5 Å². The first-order valence-electron chi connectivity index (χ1n) is 16.5. The summed E-state index contributed by atoms with van der Waals surface area (Å²) in [5.74, 6) is -1.09. The summed E-state index contributed by atoms with van der Waals surface area (Å²) < 4.78 is 13.6. The summed E-state index contributed by atoms with van der Waals surface area (Å²) in [6.45, 7) is 12.0. The summed E-state index contributed by atoms with van der Waals surface area (Å²) in [6.07, 6.45) is 19.1. The molecule has 14 N–H and O–H groups in total. The summed E-state index contributed by atoms with van der Waals surface area (Å²) >= 11 is 0. The number of pyridine rings is 6. The lowest BCUT2D eigenvalue weighted by atomic mass is 10.1. The fourth-order valence-electron chi connectivity index (χ4n) is 3.82. The highest BCUT2D eigenvalue weighted by Gasteiger charge is 2.14. The molecule has 6 aromatic heterocycles. The zero-order valence-corrected chi connectivity index (χ0v) is 35.0. The molecule has 0 unspecified atom stereocenters. The van der Waals surface area contributed by atoms with E-state index in [1.54, 1.807) is 57.0 Å². The topological polar surface area (TPSA) is 420 Å². The van der Waals surface area contributed by atoms with E-state index in [9.17, 15) is 24.0 Å². The van der Waals surface area contributed by atoms with Gasteiger partial charge in [0.05, 0.1) is 24.2 Å². The summed E-state index contributed by atoms with van der Waals surface area (Å²) in [7, 11) is 0. The first-order valence-corrected chi connectivity index (χ1v) is 16.5. The van der Waals surface area contributed by atoms with Crippen LogP contribution in [0.25, 0.3) is 0 Å². The molecule has 0 aromatic carbocycles. The molecule has 22 heteroatoms. The van der Waals surface area contributed by atoms with Crippen LogP contribution >= 0.6 is 0 Å². The van der Waals surface area contributed by atoms with E-state index in [1.165, 1.54) is 54.4 Å². The molecule has 0 atom stereocenters. The summed E-state index contributed by atoms with van der Waals surface area (Å²) in [6, 6.07) is 12.9. The van der Waals surface area contributed by atoms with Crippen LogP contribution in [0.2, 0.25) is 0 Å². The standard InChI is InChI=1S/C8H7NO4.3C7H7NO2.2C6H7N.CH4.6H2O/c1-5-2-9-3-6(13-4-10)7(5)8(11)12;1-6-2-7(10-5-9)4-8-3-6;1-6-2-3-8-4-7(6)10-5-9;1-5-4-8-3-2-6(5)7(9)10;1-6-2-4-7-5-3-6;1-6-3-2-4-7-5-6;;;;;;;/h2-4H,1H3,(H,11,12);2*2-5H,1H3;2-4H,1H3,(H,9,10);2*2-5H,1H3;1H4;6*1H2. The summed E-state index contributed by atoms with van der Waals surface area (Å²) in [5, 5.41) is 17.3. The normalized spacial score (nSPS) is 8.03. The van der Waals surface area contributed by atoms with Gasteiger partial charge in [0.25, 0.3) is 19.4 Å². The van der Waals surface area contributed by atoms with E-state index in [4.69, 9.17) is 10.2 Å². The van der Waals surface area contributed by atoms with Gasteiger partial charge in [-0.15, -0.1) is 0 Å². The molecule has 6 heterocycles. The molecule has 0 spiro atoms. The molecule has 0 aliphatic rings. The van der Waals surface area contributed by atoms with E-state index in [0.29, 0.717) is 41.1 Å². The van der Waals surface area contributed by atoms with Crippen LogP contribution < -0.4 is 14.2 Å². The molecule has 0 saturated heterocycles. The number of nitrogens with zero attached hydrogens (tertiary/aromatic N) is 6. The average molecular weight is 903 g/mol. The lowest BCUT2D eigenvalue weighted by molar-refractivity contribution is -0.121. The fourth-order valence-corrected chi connectivity index (χ4v) is 3.82. The molecule has 22 nitrogen and oxygen atoms in total. The Morgan fingerprint density at radius 2 is 0.953 bits per heavy atom. The highest BCUT2D eigenvalue weighted by Crippen LogP contribution is 2.19. The van der Waals surface area contributed by atoms with Crippen LogP contribution in [0.3, 0.4) is 0 Å². The van der Waals surface area contributed by atoms with Crippen molar-refractivity contribution < 1.29 is 81.3 Å². The highest BCUT2D eigenvalue weighted by atomic mass is 16.5. The van der Waals surface area contributed by atoms with Crippen molar-refractivity contribution in [3.8, 4) is 17.2 Å². The van der Waals surface area contributed by atoms with Gasteiger partial charge in [0, 0.05) is 55.8 Å². The second kappa shape index (κ2) is 41.7. The lowest BCUT2D eigenvalue weighted by Gasteiger charge is -2.04. The van der Waals surface area contributed by atoms with Crippen LogP contribution in [0.4, 0.5) is 0 Å². The number of rotatable bonds is 8. The van der Waals surface area contributed by atoms with Crippen LogP contribution in [0.5, 0.6) is 17.2 Å². The van der Waals surface area contributed by atoms with E-state index >= 15 is 0 Å². The molecule has 352 valence electrons. The number of aryl methyl sites for hydroxylation is 6. The van der Waals surface area contributed by atoms with E-state index in [-0.39, 0.29) is 58.1 Å². The van der Waals surface area contributed by atoms with Crippen LogP contribution in [-0.4, -0.2) is 104 Å². The number of aromatic nitrogens is 6. The first kappa shape index (κ1) is 70.6. The van der Waals surface area contributed by atoms with Crippen LogP contribution in [0, 0.1) is 41.5 Å². The van der Waals surface area contributed by atoms with Crippen molar-refractivity contribution in [3.63, 3.8) is 0 Å². The molecule has 0 saturated carbocycles. The van der Waals surface area contributed by atoms with Crippen LogP contribution in [0.1, 0.15) is 61.5 Å². The highest BCUT2D eigenvalue weighted by molar-refractivity contribution is 5.92. The Hall–Kier alpha value is -7.99. The fraction of sp³-hybridized carbons (Fsp3) is 0.167. The van der Waals surface area contributed by atoms with Crippen molar-refractivity contribution in [2.24, 2.45) is 0 Å². The average Bonchev–Trinajstić information content (AvgIpc) is 3.18. The van der Waals surface area contributed by atoms with Gasteiger partial charge in [-0.05, 0) is 111 Å². The number of aromatic carboxylic acids is 2. The number of carboxylic acid groups (broad SMARTS) is 2. The third-order valence-corrected chi connectivity index (χ3v) is 6.60. The molecule has 0 aliphatic carbocycles. The molecule has 0 aliphatic heterocycles. The molecule has 0 fully saturated rings. The summed E-state index contributed by atoms with van der Waals surface area (Å²) in [5.41, 5.74) is 5.76. The summed E-state index contributed by atoms with van der Waals surface area (Å²) in [4.78, 5) is 73.6. The monoisotopic (exact) mass is 902 g/mol. The van der Waals surface area contributed by atoms with Gasteiger partial charge >= 0.3 is 11.9 Å². The van der Waals surface area contributed by atoms with Gasteiger partial charge in [0.2, 0.25) is 0 Å². The maximum Gasteiger partial charge on any atom is 0.339 e. The van der Waals surface area contributed by atoms with Crippen LogP contribution in [0.15, 0.2) is 117 Å². The van der Waals surface area contributed by atoms with Crippen molar-refractivity contribution in [2.45, 2.75) is 49.0 Å². The Balaban J connectivity index is -0.000000120. The Morgan fingerprint density at radius 1 is 0.469 bits per heavy atom. The van der Waals surface area contributed by atoms with Gasteiger partial charge in [-0.25, -0.2) is 9.59 Å². The minimum atomic E-state index is -1.14. The van der Waals surface area contributed by atoms with Gasteiger partial charge in [-0.3, -0.25) is 44.3 Å². The van der Waals surface area contributed by atoms with Gasteiger partial charge < -0.3 is 57.3 Å². The molecule has 0 amide bonds.